The second-order valence-corrected chi connectivity index (χ2v) is 4.92. The number of H-pyrrole nitrogens is 1. The van der Waals surface area contributed by atoms with Crippen molar-refractivity contribution in [1.29, 1.82) is 0 Å². The molecule has 0 aliphatic heterocycles. The number of fused-ring (bicyclic) bond motifs is 1. The van der Waals surface area contributed by atoms with Gasteiger partial charge in [0.15, 0.2) is 0 Å². The van der Waals surface area contributed by atoms with Crippen LogP contribution in [0.1, 0.15) is 20.7 Å². The summed E-state index contributed by atoms with van der Waals surface area (Å²) in [7, 11) is 0. The smallest absolute Gasteiger partial charge is 0.341 e. The molecule has 3 aromatic rings. The number of para-hydroxylation sites is 1. The van der Waals surface area contributed by atoms with Gasteiger partial charge in [-0.3, -0.25) is 9.59 Å². The molecule has 1 aromatic heterocycles. The molecule has 0 aliphatic rings. The van der Waals surface area contributed by atoms with E-state index in [1.807, 2.05) is 6.07 Å². The van der Waals surface area contributed by atoms with Gasteiger partial charge in [-0.05, 0) is 30.3 Å². The molecular weight excluding hydrogens is 296 g/mol. The lowest BCUT2D eigenvalue weighted by Crippen LogP contribution is -2.16. The Bertz CT molecular complexity index is 961. The van der Waals surface area contributed by atoms with E-state index in [-0.39, 0.29) is 16.9 Å². The summed E-state index contributed by atoms with van der Waals surface area (Å²) in [5, 5.41) is 11.9. The summed E-state index contributed by atoms with van der Waals surface area (Å²) in [5.41, 5.74) is 0.508. The molecule has 0 atom stereocenters. The van der Waals surface area contributed by atoms with Gasteiger partial charge in [-0.15, -0.1) is 0 Å². The average Bonchev–Trinajstić information content (AvgIpc) is 2.55. The molecule has 1 amide bonds. The summed E-state index contributed by atoms with van der Waals surface area (Å²) in [6.45, 7) is 0. The van der Waals surface area contributed by atoms with E-state index in [9.17, 15) is 14.4 Å². The van der Waals surface area contributed by atoms with Gasteiger partial charge in [0.1, 0.15) is 5.56 Å². The number of carboxylic acid groups (broad SMARTS) is 1. The molecule has 0 aliphatic carbocycles. The quantitative estimate of drug-likeness (QED) is 0.692. The fourth-order valence-electron chi connectivity index (χ4n) is 2.25. The number of pyridine rings is 1. The van der Waals surface area contributed by atoms with Gasteiger partial charge in [-0.2, -0.15) is 0 Å². The fourth-order valence-corrected chi connectivity index (χ4v) is 2.25. The molecular formula is C17H12N2O4. The van der Waals surface area contributed by atoms with Crippen LogP contribution in [-0.2, 0) is 0 Å². The Morgan fingerprint density at radius 2 is 1.78 bits per heavy atom. The molecule has 23 heavy (non-hydrogen) atoms. The second-order valence-electron chi connectivity index (χ2n) is 4.92. The van der Waals surface area contributed by atoms with Crippen LogP contribution >= 0.6 is 0 Å². The molecule has 0 spiro atoms. The molecule has 2 aromatic carbocycles. The van der Waals surface area contributed by atoms with E-state index in [0.717, 1.165) is 6.20 Å². The maximum absolute atomic E-state index is 12.2. The van der Waals surface area contributed by atoms with Crippen LogP contribution in [0.5, 0.6) is 0 Å². The molecule has 0 unspecified atom stereocenters. The van der Waals surface area contributed by atoms with Gasteiger partial charge in [0.2, 0.25) is 5.43 Å². The predicted molar refractivity (Wildman–Crippen MR) is 85.9 cm³/mol. The standard InChI is InChI=1S/C17H12N2O4/c20-15-12-7-6-10(8-14(12)18-9-13(15)17(22)23)16(21)19-11-4-2-1-3-5-11/h1-9H,(H,18,20)(H,19,21)(H,22,23). The van der Waals surface area contributed by atoms with Crippen LogP contribution in [0.2, 0.25) is 0 Å². The van der Waals surface area contributed by atoms with Crippen molar-refractivity contribution in [3.8, 4) is 0 Å². The Balaban J connectivity index is 1.97. The van der Waals surface area contributed by atoms with Gasteiger partial charge in [0, 0.05) is 22.8 Å². The Morgan fingerprint density at radius 3 is 2.48 bits per heavy atom. The van der Waals surface area contributed by atoms with Gasteiger partial charge in [0.25, 0.3) is 5.91 Å². The van der Waals surface area contributed by atoms with E-state index in [1.165, 1.54) is 18.2 Å². The summed E-state index contributed by atoms with van der Waals surface area (Å²) >= 11 is 0. The number of anilines is 1. The maximum Gasteiger partial charge on any atom is 0.341 e. The summed E-state index contributed by atoms with van der Waals surface area (Å²) in [6.07, 6.45) is 1.13. The molecule has 3 rings (SSSR count). The van der Waals surface area contributed by atoms with Crippen LogP contribution in [0.15, 0.2) is 59.5 Å². The highest BCUT2D eigenvalue weighted by Crippen LogP contribution is 2.14. The van der Waals surface area contributed by atoms with Crippen molar-refractivity contribution in [2.75, 3.05) is 5.32 Å². The van der Waals surface area contributed by atoms with E-state index in [1.54, 1.807) is 24.3 Å². The van der Waals surface area contributed by atoms with Crippen LogP contribution in [0.4, 0.5) is 5.69 Å². The zero-order chi connectivity index (χ0) is 16.4. The van der Waals surface area contributed by atoms with Crippen LogP contribution < -0.4 is 10.7 Å². The summed E-state index contributed by atoms with van der Waals surface area (Å²) in [6, 6.07) is 13.4. The van der Waals surface area contributed by atoms with E-state index in [0.29, 0.717) is 16.8 Å². The van der Waals surface area contributed by atoms with Gasteiger partial charge >= 0.3 is 5.97 Å². The number of aromatic amines is 1. The molecule has 114 valence electrons. The highest BCUT2D eigenvalue weighted by Gasteiger charge is 2.13. The van der Waals surface area contributed by atoms with Crippen LogP contribution in [0, 0.1) is 0 Å². The van der Waals surface area contributed by atoms with E-state index in [4.69, 9.17) is 5.11 Å². The highest BCUT2D eigenvalue weighted by atomic mass is 16.4. The number of hydrogen-bond donors (Lipinski definition) is 3. The molecule has 0 saturated heterocycles. The van der Waals surface area contributed by atoms with Crippen LogP contribution in [0.3, 0.4) is 0 Å². The molecule has 6 heteroatoms. The summed E-state index contributed by atoms with van der Waals surface area (Å²) in [5.74, 6) is -1.61. The van der Waals surface area contributed by atoms with E-state index in [2.05, 4.69) is 10.3 Å². The van der Waals surface area contributed by atoms with Crippen LogP contribution in [0.25, 0.3) is 10.9 Å². The number of nitrogens with one attached hydrogen (secondary N) is 2. The van der Waals surface area contributed by atoms with Crippen molar-refractivity contribution in [1.82, 2.24) is 4.98 Å². The number of hydrogen-bond acceptors (Lipinski definition) is 3. The second kappa shape index (κ2) is 5.76. The first-order valence-electron chi connectivity index (χ1n) is 6.81. The highest BCUT2D eigenvalue weighted by molar-refractivity contribution is 6.06. The lowest BCUT2D eigenvalue weighted by atomic mass is 10.1. The number of amides is 1. The minimum Gasteiger partial charge on any atom is -0.477 e. The molecule has 3 N–H and O–H groups in total. The van der Waals surface area contributed by atoms with Gasteiger partial charge in [-0.25, -0.2) is 4.79 Å². The maximum atomic E-state index is 12.2. The third kappa shape index (κ3) is 2.82. The molecule has 0 fully saturated rings. The van der Waals surface area contributed by atoms with E-state index < -0.39 is 11.4 Å². The first-order valence-corrected chi connectivity index (χ1v) is 6.81. The fraction of sp³-hybridized carbons (Fsp3) is 0. The molecule has 0 radical (unpaired) electrons. The molecule has 6 nitrogen and oxygen atoms in total. The Morgan fingerprint density at radius 1 is 1.04 bits per heavy atom. The third-order valence-corrected chi connectivity index (χ3v) is 3.41. The number of carbonyl (C=O) groups is 2. The number of benzene rings is 2. The number of aromatic nitrogens is 1. The third-order valence-electron chi connectivity index (χ3n) is 3.41. The van der Waals surface area contributed by atoms with Gasteiger partial charge in [0.05, 0.1) is 5.52 Å². The molecule has 1 heterocycles. The van der Waals surface area contributed by atoms with Gasteiger partial charge < -0.3 is 15.4 Å². The zero-order valence-electron chi connectivity index (χ0n) is 11.9. The minimum absolute atomic E-state index is 0.223. The minimum atomic E-state index is -1.29. The number of rotatable bonds is 3. The van der Waals surface area contributed by atoms with Crippen molar-refractivity contribution in [2.45, 2.75) is 0 Å². The molecule has 0 bridgehead atoms. The topological polar surface area (TPSA) is 99.3 Å². The summed E-state index contributed by atoms with van der Waals surface area (Å²) in [4.78, 5) is 38.0. The Kier molecular flexibility index (Phi) is 3.64. The Hall–Kier alpha value is -3.41. The van der Waals surface area contributed by atoms with Crippen molar-refractivity contribution in [2.24, 2.45) is 0 Å². The monoisotopic (exact) mass is 308 g/mol. The van der Waals surface area contributed by atoms with E-state index >= 15 is 0 Å². The lowest BCUT2D eigenvalue weighted by Gasteiger charge is -2.06. The number of aromatic carboxylic acids is 1. The van der Waals surface area contributed by atoms with Crippen molar-refractivity contribution < 1.29 is 14.7 Å². The molecule has 0 saturated carbocycles. The first-order chi connectivity index (χ1) is 11.1. The van der Waals surface area contributed by atoms with Crippen LogP contribution in [-0.4, -0.2) is 22.0 Å². The van der Waals surface area contributed by atoms with Crippen molar-refractivity contribution >= 4 is 28.5 Å². The van der Waals surface area contributed by atoms with Crippen molar-refractivity contribution in [3.63, 3.8) is 0 Å². The summed E-state index contributed by atoms with van der Waals surface area (Å²) < 4.78 is 0. The van der Waals surface area contributed by atoms with Crippen molar-refractivity contribution in [3.05, 3.63) is 76.1 Å². The lowest BCUT2D eigenvalue weighted by molar-refractivity contribution is 0.0695. The number of carbonyl (C=O) groups excluding carboxylic acids is 1. The first kappa shape index (κ1) is 14.5. The van der Waals surface area contributed by atoms with Gasteiger partial charge in [-0.1, -0.05) is 18.2 Å². The average molecular weight is 308 g/mol. The number of carboxylic acids is 1. The Labute approximate surface area is 130 Å². The predicted octanol–water partition coefficient (Wildman–Crippen LogP) is 2.48. The zero-order valence-corrected chi connectivity index (χ0v) is 11.9. The normalized spacial score (nSPS) is 10.4. The largest absolute Gasteiger partial charge is 0.477 e. The SMILES string of the molecule is O=C(Nc1ccccc1)c1ccc2c(=O)c(C(=O)O)c[nH]c2c1.